The van der Waals surface area contributed by atoms with E-state index in [1.807, 2.05) is 0 Å². The lowest BCUT2D eigenvalue weighted by Gasteiger charge is -2.22. The molecule has 7 nitrogen and oxygen atoms in total. The number of methoxy groups -OCH3 is 1. The van der Waals surface area contributed by atoms with Crippen molar-refractivity contribution in [3.8, 4) is 5.75 Å². The number of amides is 1. The van der Waals surface area contributed by atoms with Crippen LogP contribution in [0.2, 0.25) is 0 Å². The molecule has 0 bridgehead atoms. The maximum absolute atomic E-state index is 12.2. The summed E-state index contributed by atoms with van der Waals surface area (Å²) in [7, 11) is -2.07. The van der Waals surface area contributed by atoms with Crippen LogP contribution in [0.15, 0.2) is 24.3 Å². The van der Waals surface area contributed by atoms with E-state index >= 15 is 0 Å². The molecule has 138 valence electrons. The molecule has 1 saturated carbocycles. The number of hydrogen-bond acceptors (Lipinski definition) is 6. The second kappa shape index (κ2) is 6.33. The van der Waals surface area contributed by atoms with E-state index in [9.17, 15) is 18.0 Å². The monoisotopic (exact) mass is 369 g/mol. The minimum atomic E-state index is -3.58. The number of alkyl carbamates (subject to hydrolysis) is 1. The van der Waals surface area contributed by atoms with Crippen LogP contribution in [0.5, 0.6) is 5.75 Å². The first-order valence-corrected chi connectivity index (χ1v) is 9.70. The van der Waals surface area contributed by atoms with Crippen LogP contribution in [0.1, 0.15) is 32.3 Å². The van der Waals surface area contributed by atoms with E-state index in [2.05, 4.69) is 5.32 Å². The Labute approximate surface area is 147 Å². The number of carbonyl (C=O) groups excluding carboxylic acids is 2. The maximum Gasteiger partial charge on any atom is 0.408 e. The van der Waals surface area contributed by atoms with Crippen LogP contribution in [0, 0.1) is 0 Å². The molecule has 25 heavy (non-hydrogen) atoms. The van der Waals surface area contributed by atoms with Gasteiger partial charge in [-0.25, -0.2) is 13.2 Å². The Hall–Kier alpha value is -2.09. The lowest BCUT2D eigenvalue weighted by atomic mass is 10.1. The number of benzene rings is 1. The lowest BCUT2D eigenvalue weighted by molar-refractivity contribution is -0.110. The number of nitrogens with one attached hydrogen (secondary N) is 1. The fourth-order valence-corrected chi connectivity index (χ4v) is 4.80. The summed E-state index contributed by atoms with van der Waals surface area (Å²) >= 11 is 0. The molecule has 1 N–H and O–H groups in total. The van der Waals surface area contributed by atoms with Crippen molar-refractivity contribution in [3.05, 3.63) is 29.8 Å². The first-order chi connectivity index (χ1) is 11.4. The second-order valence-corrected chi connectivity index (χ2v) is 9.35. The summed E-state index contributed by atoms with van der Waals surface area (Å²) < 4.78 is 34.6. The number of carbonyl (C=O) groups is 2. The van der Waals surface area contributed by atoms with Crippen LogP contribution in [-0.4, -0.2) is 50.6 Å². The van der Waals surface area contributed by atoms with Gasteiger partial charge in [0.15, 0.2) is 9.84 Å². The molecule has 0 aliphatic heterocycles. The Balaban J connectivity index is 2.36. The third-order valence-corrected chi connectivity index (χ3v) is 5.61. The van der Waals surface area contributed by atoms with Gasteiger partial charge in [0, 0.05) is 12.2 Å². The fraction of sp³-hybridized carbons (Fsp3) is 0.529. The van der Waals surface area contributed by atoms with Crippen molar-refractivity contribution in [1.29, 1.82) is 0 Å². The molecule has 1 aliphatic rings. The van der Waals surface area contributed by atoms with Gasteiger partial charge in [0.05, 0.1) is 7.11 Å². The normalized spacial score (nSPS) is 25.8. The number of rotatable bonds is 5. The topological polar surface area (TPSA) is 98.8 Å². The smallest absolute Gasteiger partial charge is 0.408 e. The van der Waals surface area contributed by atoms with Crippen molar-refractivity contribution in [2.75, 3.05) is 13.4 Å². The molecule has 0 unspecified atom stereocenters. The molecule has 0 heterocycles. The highest BCUT2D eigenvalue weighted by molar-refractivity contribution is 7.91. The van der Waals surface area contributed by atoms with Crippen LogP contribution in [-0.2, 0) is 19.4 Å². The maximum atomic E-state index is 12.2. The number of aldehydes is 1. The summed E-state index contributed by atoms with van der Waals surface area (Å²) in [5.41, 5.74) is -1.68. The van der Waals surface area contributed by atoms with Crippen LogP contribution in [0.4, 0.5) is 4.79 Å². The van der Waals surface area contributed by atoms with Crippen molar-refractivity contribution in [1.82, 2.24) is 5.32 Å². The molecule has 1 aromatic carbocycles. The Kier molecular flexibility index (Phi) is 4.87. The van der Waals surface area contributed by atoms with Crippen LogP contribution < -0.4 is 10.1 Å². The predicted octanol–water partition coefficient (Wildman–Crippen LogP) is 1.67. The van der Waals surface area contributed by atoms with Gasteiger partial charge in [-0.3, -0.25) is 0 Å². The first kappa shape index (κ1) is 19.2. The molecule has 1 fully saturated rings. The largest absolute Gasteiger partial charge is 0.497 e. The van der Waals surface area contributed by atoms with Gasteiger partial charge in [0.25, 0.3) is 0 Å². The lowest BCUT2D eigenvalue weighted by Crippen LogP contribution is -2.45. The standard InChI is InChI=1S/C17H23NO6S/c1-16(2,3)24-15(20)18-17(10-19)13(14(17)25(5,21)22)11-6-8-12(23-4)9-7-11/h6-10,13-14H,1-5H3,(H,18,20)/t13-,14-,17+/m1/s1. The molecule has 2 rings (SSSR count). The molecule has 0 aromatic heterocycles. The van der Waals surface area contributed by atoms with Crippen LogP contribution in [0.25, 0.3) is 0 Å². The van der Waals surface area contributed by atoms with Gasteiger partial charge in [-0.15, -0.1) is 0 Å². The van der Waals surface area contributed by atoms with E-state index in [4.69, 9.17) is 9.47 Å². The summed E-state index contributed by atoms with van der Waals surface area (Å²) in [6, 6.07) is 6.72. The van der Waals surface area contributed by atoms with Crippen molar-refractivity contribution in [2.24, 2.45) is 0 Å². The molecule has 0 spiro atoms. The Morgan fingerprint density at radius 3 is 2.20 bits per heavy atom. The van der Waals surface area contributed by atoms with Crippen LogP contribution >= 0.6 is 0 Å². The molecule has 1 aromatic rings. The van der Waals surface area contributed by atoms with Crippen molar-refractivity contribution in [2.45, 2.75) is 43.1 Å². The summed E-state index contributed by atoms with van der Waals surface area (Å²) in [6.45, 7) is 5.05. The number of hydrogen-bond donors (Lipinski definition) is 1. The first-order valence-electron chi connectivity index (χ1n) is 7.75. The number of sulfone groups is 1. The predicted molar refractivity (Wildman–Crippen MR) is 92.5 cm³/mol. The van der Waals surface area contributed by atoms with Crippen molar-refractivity contribution < 1.29 is 27.5 Å². The summed E-state index contributed by atoms with van der Waals surface area (Å²) in [5.74, 6) is -0.0736. The van der Waals surface area contributed by atoms with Crippen molar-refractivity contribution in [3.63, 3.8) is 0 Å². The summed E-state index contributed by atoms with van der Waals surface area (Å²) in [4.78, 5) is 23.9. The molecular formula is C17H23NO6S. The molecule has 1 amide bonds. The highest BCUT2D eigenvalue weighted by atomic mass is 32.2. The van der Waals surface area contributed by atoms with E-state index in [1.54, 1.807) is 45.0 Å². The van der Waals surface area contributed by atoms with E-state index in [-0.39, 0.29) is 0 Å². The van der Waals surface area contributed by atoms with Gasteiger partial charge >= 0.3 is 6.09 Å². The zero-order valence-electron chi connectivity index (χ0n) is 14.9. The van der Waals surface area contributed by atoms with Gasteiger partial charge < -0.3 is 19.6 Å². The molecule has 0 radical (unpaired) electrons. The molecule has 3 atom stereocenters. The van der Waals surface area contributed by atoms with Gasteiger partial charge in [0.2, 0.25) is 0 Å². The van der Waals surface area contributed by atoms with Gasteiger partial charge in [-0.2, -0.15) is 0 Å². The molecule has 1 aliphatic carbocycles. The van der Waals surface area contributed by atoms with Gasteiger partial charge in [-0.1, -0.05) is 12.1 Å². The highest BCUT2D eigenvalue weighted by Gasteiger charge is 2.71. The van der Waals surface area contributed by atoms with Crippen molar-refractivity contribution >= 4 is 22.2 Å². The second-order valence-electron chi connectivity index (χ2n) is 7.18. The van der Waals surface area contributed by atoms with E-state index in [1.165, 1.54) is 7.11 Å². The van der Waals surface area contributed by atoms with Crippen LogP contribution in [0.3, 0.4) is 0 Å². The van der Waals surface area contributed by atoms with E-state index < -0.39 is 38.2 Å². The average Bonchev–Trinajstić information content (AvgIpc) is 3.14. The Bertz CT molecular complexity index is 765. The fourth-order valence-electron chi connectivity index (χ4n) is 3.04. The SMILES string of the molecule is COc1ccc([C@@H]2[C@@H](S(C)(=O)=O)[C@@]2(C=O)NC(=O)OC(C)(C)C)cc1. The van der Waals surface area contributed by atoms with Gasteiger partial charge in [0.1, 0.15) is 28.4 Å². The zero-order valence-corrected chi connectivity index (χ0v) is 15.7. The zero-order chi connectivity index (χ0) is 19.0. The summed E-state index contributed by atoms with van der Waals surface area (Å²) in [6.07, 6.45) is 0.706. The Morgan fingerprint density at radius 2 is 1.80 bits per heavy atom. The minimum Gasteiger partial charge on any atom is -0.497 e. The third-order valence-electron chi connectivity index (χ3n) is 4.03. The number of ether oxygens (including phenoxy) is 2. The summed E-state index contributed by atoms with van der Waals surface area (Å²) in [5, 5.41) is 1.42. The molecular weight excluding hydrogens is 346 g/mol. The molecule has 8 heteroatoms. The quantitative estimate of drug-likeness (QED) is 0.793. The average molecular weight is 369 g/mol. The van der Waals surface area contributed by atoms with Gasteiger partial charge in [-0.05, 0) is 38.5 Å². The third kappa shape index (κ3) is 3.95. The highest BCUT2D eigenvalue weighted by Crippen LogP contribution is 2.54. The van der Waals surface area contributed by atoms with E-state index in [0.717, 1.165) is 6.26 Å². The van der Waals surface area contributed by atoms with E-state index in [0.29, 0.717) is 17.6 Å². The molecule has 0 saturated heterocycles. The minimum absolute atomic E-state index is 0.484. The Morgan fingerprint density at radius 1 is 1.24 bits per heavy atom.